The molecule has 1 fully saturated rings. The summed E-state index contributed by atoms with van der Waals surface area (Å²) in [6.07, 6.45) is 6.19. The molecule has 0 spiro atoms. The largest absolute Gasteiger partial charge is 0.487 e. The Kier molecular flexibility index (Phi) is 6.95. The first-order chi connectivity index (χ1) is 16.3. The molecular formula is C24H26F3N3O4. The van der Waals surface area contributed by atoms with Gasteiger partial charge >= 0.3 is 0 Å². The lowest BCUT2D eigenvalue weighted by atomic mass is 9.87. The van der Waals surface area contributed by atoms with Crippen LogP contribution >= 0.6 is 0 Å². The number of pyridine rings is 1. The van der Waals surface area contributed by atoms with Gasteiger partial charge in [-0.3, -0.25) is 14.4 Å². The zero-order chi connectivity index (χ0) is 24.4. The number of hydrogen-bond donors (Lipinski definition) is 2. The number of benzene rings is 1. The van der Waals surface area contributed by atoms with E-state index in [2.05, 4.69) is 10.6 Å². The van der Waals surface area contributed by atoms with Crippen molar-refractivity contribution in [2.24, 2.45) is 0 Å². The standard InChI is InChI=1S/C24H26F3N3O4/c1-2-3-8-34-22-20-24(33)29-18-6-4-5-7-19(18)30(20)12-15(21(22)31)23(32)28-11-14-16(26)9-13(25)10-17(14)27/h9-10,12,18-19H,2-8,11H2,1H3,(H,28,32)(H,29,33)/t18-,19-/m1/s1. The summed E-state index contributed by atoms with van der Waals surface area (Å²) in [6.45, 7) is 1.55. The maximum atomic E-state index is 14.0. The first-order valence-corrected chi connectivity index (χ1v) is 11.5. The number of unbranched alkanes of at least 4 members (excludes halogenated alkanes) is 1. The molecule has 1 saturated carbocycles. The molecule has 0 bridgehead atoms. The van der Waals surface area contributed by atoms with E-state index >= 15 is 0 Å². The molecule has 34 heavy (non-hydrogen) atoms. The molecular weight excluding hydrogens is 451 g/mol. The molecule has 2 heterocycles. The van der Waals surface area contributed by atoms with Crippen molar-refractivity contribution in [3.8, 4) is 5.75 Å². The van der Waals surface area contributed by atoms with E-state index in [1.54, 1.807) is 4.57 Å². The Labute approximate surface area is 194 Å². The molecule has 1 aromatic heterocycles. The number of carbonyl (C=O) groups is 2. The summed E-state index contributed by atoms with van der Waals surface area (Å²) in [4.78, 5) is 39.0. The minimum Gasteiger partial charge on any atom is -0.487 e. The molecule has 0 unspecified atom stereocenters. The number of ether oxygens (including phenoxy) is 1. The molecule has 4 rings (SSSR count). The summed E-state index contributed by atoms with van der Waals surface area (Å²) in [5.41, 5.74) is -1.52. The minimum absolute atomic E-state index is 0.0800. The molecule has 2 aromatic rings. The van der Waals surface area contributed by atoms with E-state index in [1.807, 2.05) is 6.92 Å². The van der Waals surface area contributed by atoms with Gasteiger partial charge in [0.1, 0.15) is 23.0 Å². The summed E-state index contributed by atoms with van der Waals surface area (Å²) in [5.74, 6) is -4.89. The SMILES string of the molecule is CCCCOc1c2n(cc(C(=O)NCc3c(F)cc(F)cc3F)c1=O)[C@@H]1CCCC[C@H]1NC2=O. The van der Waals surface area contributed by atoms with E-state index in [9.17, 15) is 27.6 Å². The highest BCUT2D eigenvalue weighted by Crippen LogP contribution is 2.35. The summed E-state index contributed by atoms with van der Waals surface area (Å²) in [5, 5.41) is 5.28. The third-order valence-corrected chi connectivity index (χ3v) is 6.33. The Hall–Kier alpha value is -3.30. The molecule has 0 radical (unpaired) electrons. The normalized spacial score (nSPS) is 19.1. The molecule has 182 valence electrons. The van der Waals surface area contributed by atoms with Gasteiger partial charge < -0.3 is 19.9 Å². The number of halogens is 3. The van der Waals surface area contributed by atoms with Gasteiger partial charge in [0, 0.05) is 36.5 Å². The van der Waals surface area contributed by atoms with Crippen molar-refractivity contribution in [2.45, 2.75) is 64.1 Å². The third-order valence-electron chi connectivity index (χ3n) is 6.33. The van der Waals surface area contributed by atoms with Crippen LogP contribution in [0.15, 0.2) is 23.1 Å². The van der Waals surface area contributed by atoms with Crippen molar-refractivity contribution < 1.29 is 27.5 Å². The van der Waals surface area contributed by atoms with Gasteiger partial charge in [0.15, 0.2) is 11.4 Å². The summed E-state index contributed by atoms with van der Waals surface area (Å²) in [7, 11) is 0. The Balaban J connectivity index is 1.71. The summed E-state index contributed by atoms with van der Waals surface area (Å²) < 4.78 is 48.4. The van der Waals surface area contributed by atoms with Crippen LogP contribution in [0, 0.1) is 17.5 Å². The van der Waals surface area contributed by atoms with Crippen LogP contribution in [0.5, 0.6) is 5.75 Å². The second kappa shape index (κ2) is 9.90. The van der Waals surface area contributed by atoms with E-state index in [4.69, 9.17) is 4.74 Å². The van der Waals surface area contributed by atoms with Crippen molar-refractivity contribution in [2.75, 3.05) is 6.61 Å². The van der Waals surface area contributed by atoms with Crippen molar-refractivity contribution in [3.05, 3.63) is 62.8 Å². The predicted molar refractivity (Wildman–Crippen MR) is 117 cm³/mol. The van der Waals surface area contributed by atoms with Crippen LogP contribution in [0.2, 0.25) is 0 Å². The van der Waals surface area contributed by atoms with E-state index in [0.29, 0.717) is 18.6 Å². The van der Waals surface area contributed by atoms with Crippen LogP contribution < -0.4 is 20.8 Å². The Morgan fingerprint density at radius 3 is 2.59 bits per heavy atom. The lowest BCUT2D eigenvalue weighted by Gasteiger charge is -2.39. The molecule has 2 atom stereocenters. The maximum absolute atomic E-state index is 14.0. The lowest BCUT2D eigenvalue weighted by molar-refractivity contribution is 0.0835. The summed E-state index contributed by atoms with van der Waals surface area (Å²) >= 11 is 0. The zero-order valence-corrected chi connectivity index (χ0v) is 18.8. The molecule has 0 saturated heterocycles. The topological polar surface area (TPSA) is 89.4 Å². The number of rotatable bonds is 7. The Bertz CT molecular complexity index is 1160. The monoisotopic (exact) mass is 477 g/mol. The van der Waals surface area contributed by atoms with Gasteiger partial charge in [0.05, 0.1) is 12.6 Å². The number of amides is 2. The van der Waals surface area contributed by atoms with Crippen molar-refractivity contribution in [1.29, 1.82) is 0 Å². The van der Waals surface area contributed by atoms with Crippen molar-refractivity contribution in [1.82, 2.24) is 15.2 Å². The van der Waals surface area contributed by atoms with Gasteiger partial charge in [-0.1, -0.05) is 26.2 Å². The average molecular weight is 477 g/mol. The van der Waals surface area contributed by atoms with Crippen molar-refractivity contribution >= 4 is 11.8 Å². The second-order valence-corrected chi connectivity index (χ2v) is 8.62. The molecule has 2 aliphatic rings. The van der Waals surface area contributed by atoms with Crippen molar-refractivity contribution in [3.63, 3.8) is 0 Å². The molecule has 2 N–H and O–H groups in total. The molecule has 1 aliphatic heterocycles. The van der Waals surface area contributed by atoms with Crippen LogP contribution in [-0.4, -0.2) is 29.0 Å². The third kappa shape index (κ3) is 4.53. The van der Waals surface area contributed by atoms with Gasteiger partial charge in [-0.15, -0.1) is 0 Å². The fourth-order valence-electron chi connectivity index (χ4n) is 4.56. The van der Waals surface area contributed by atoms with E-state index in [0.717, 1.165) is 32.1 Å². The lowest BCUT2D eigenvalue weighted by Crippen LogP contribution is -2.50. The number of nitrogens with zero attached hydrogens (tertiary/aromatic N) is 1. The van der Waals surface area contributed by atoms with Gasteiger partial charge in [0.2, 0.25) is 5.43 Å². The minimum atomic E-state index is -1.15. The first kappa shape index (κ1) is 23.8. The highest BCUT2D eigenvalue weighted by atomic mass is 19.1. The molecule has 7 nitrogen and oxygen atoms in total. The van der Waals surface area contributed by atoms with Crippen LogP contribution in [0.3, 0.4) is 0 Å². The highest BCUT2D eigenvalue weighted by Gasteiger charge is 2.38. The van der Waals surface area contributed by atoms with E-state index in [-0.39, 0.29) is 35.7 Å². The van der Waals surface area contributed by atoms with Crippen LogP contribution in [0.25, 0.3) is 0 Å². The van der Waals surface area contributed by atoms with Gasteiger partial charge in [-0.25, -0.2) is 13.2 Å². The molecule has 1 aromatic carbocycles. The fraction of sp³-hybridized carbons (Fsp3) is 0.458. The smallest absolute Gasteiger partial charge is 0.272 e. The van der Waals surface area contributed by atoms with Gasteiger partial charge in [-0.05, 0) is 19.3 Å². The van der Waals surface area contributed by atoms with Gasteiger partial charge in [-0.2, -0.15) is 0 Å². The van der Waals surface area contributed by atoms with Crippen LogP contribution in [-0.2, 0) is 6.54 Å². The first-order valence-electron chi connectivity index (χ1n) is 11.5. The number of hydrogen-bond acceptors (Lipinski definition) is 4. The average Bonchev–Trinajstić information content (AvgIpc) is 2.79. The number of carbonyl (C=O) groups excluding carboxylic acids is 2. The number of aromatic nitrogens is 1. The second-order valence-electron chi connectivity index (χ2n) is 8.62. The number of nitrogens with one attached hydrogen (secondary N) is 2. The van der Waals surface area contributed by atoms with Crippen LogP contribution in [0.1, 0.15) is 77.9 Å². The molecule has 10 heteroatoms. The number of fused-ring (bicyclic) bond motifs is 3. The fourth-order valence-corrected chi connectivity index (χ4v) is 4.56. The predicted octanol–water partition coefficient (Wildman–Crippen LogP) is 3.60. The van der Waals surface area contributed by atoms with E-state index < -0.39 is 46.8 Å². The van der Waals surface area contributed by atoms with Gasteiger partial charge in [0.25, 0.3) is 11.8 Å². The Morgan fingerprint density at radius 2 is 1.88 bits per heavy atom. The Morgan fingerprint density at radius 1 is 1.18 bits per heavy atom. The maximum Gasteiger partial charge on any atom is 0.272 e. The summed E-state index contributed by atoms with van der Waals surface area (Å²) in [6, 6.07) is 0.756. The molecule has 1 aliphatic carbocycles. The highest BCUT2D eigenvalue weighted by molar-refractivity contribution is 5.99. The quantitative estimate of drug-likeness (QED) is 0.597. The zero-order valence-electron chi connectivity index (χ0n) is 18.8. The van der Waals surface area contributed by atoms with Crippen LogP contribution in [0.4, 0.5) is 13.2 Å². The van der Waals surface area contributed by atoms with E-state index in [1.165, 1.54) is 6.20 Å². The molecule has 2 amide bonds.